The van der Waals surface area contributed by atoms with E-state index in [1.54, 1.807) is 18.2 Å². The summed E-state index contributed by atoms with van der Waals surface area (Å²) in [5.74, 6) is -0.136. The highest BCUT2D eigenvalue weighted by atomic mass is 16.5. The van der Waals surface area contributed by atoms with Crippen LogP contribution in [0.5, 0.6) is 5.75 Å². The lowest BCUT2D eigenvalue weighted by molar-refractivity contribution is -0.126. The summed E-state index contributed by atoms with van der Waals surface area (Å²) >= 11 is 0. The number of aromatic amines is 1. The monoisotopic (exact) mass is 351 g/mol. The molecule has 0 atom stereocenters. The summed E-state index contributed by atoms with van der Waals surface area (Å²) in [6.45, 7) is 2.71. The van der Waals surface area contributed by atoms with Gasteiger partial charge in [-0.1, -0.05) is 30.3 Å². The summed E-state index contributed by atoms with van der Waals surface area (Å²) in [7, 11) is 0. The third kappa shape index (κ3) is 4.42. The number of anilines is 1. The molecule has 0 aliphatic heterocycles. The molecule has 26 heavy (non-hydrogen) atoms. The van der Waals surface area contributed by atoms with Gasteiger partial charge in [0.05, 0.1) is 18.8 Å². The molecule has 2 amide bonds. The molecule has 0 saturated carbocycles. The fraction of sp³-hybridized carbons (Fsp3) is 0.200. The zero-order valence-corrected chi connectivity index (χ0v) is 14.5. The first kappa shape index (κ1) is 17.5. The molecule has 0 spiro atoms. The van der Waals surface area contributed by atoms with Gasteiger partial charge in [0.15, 0.2) is 0 Å². The van der Waals surface area contributed by atoms with Crippen LogP contribution in [-0.2, 0) is 16.1 Å². The van der Waals surface area contributed by atoms with Crippen molar-refractivity contribution >= 4 is 28.4 Å². The van der Waals surface area contributed by atoms with E-state index in [0.717, 1.165) is 16.6 Å². The van der Waals surface area contributed by atoms with Gasteiger partial charge in [-0.25, -0.2) is 0 Å². The summed E-state index contributed by atoms with van der Waals surface area (Å²) < 4.78 is 5.46. The van der Waals surface area contributed by atoms with Gasteiger partial charge in [0.2, 0.25) is 11.8 Å². The number of hydrogen-bond acceptors (Lipinski definition) is 3. The Kier molecular flexibility index (Phi) is 5.53. The van der Waals surface area contributed by atoms with E-state index in [2.05, 4.69) is 15.6 Å². The molecule has 1 aromatic heterocycles. The third-order valence-electron chi connectivity index (χ3n) is 3.84. The van der Waals surface area contributed by atoms with Crippen LogP contribution in [-0.4, -0.2) is 23.4 Å². The fourth-order valence-electron chi connectivity index (χ4n) is 2.68. The van der Waals surface area contributed by atoms with Crippen molar-refractivity contribution < 1.29 is 14.3 Å². The topological polar surface area (TPSA) is 83.2 Å². The second-order valence-electron chi connectivity index (χ2n) is 5.81. The van der Waals surface area contributed by atoms with Gasteiger partial charge in [-0.3, -0.25) is 9.59 Å². The van der Waals surface area contributed by atoms with Crippen LogP contribution in [0.2, 0.25) is 0 Å². The number of fused-ring (bicyclic) bond motifs is 1. The van der Waals surface area contributed by atoms with Gasteiger partial charge in [0, 0.05) is 11.2 Å². The van der Waals surface area contributed by atoms with E-state index in [-0.39, 0.29) is 18.2 Å². The van der Waals surface area contributed by atoms with Gasteiger partial charge in [0.25, 0.3) is 0 Å². The van der Waals surface area contributed by atoms with Gasteiger partial charge in [0.1, 0.15) is 12.2 Å². The standard InChI is InChI=1S/C20H21N3O3/c1-2-26-18-10-6-5-9-17(18)23-20(25)12-19(24)21-13-15-11-14-7-3-4-8-16(14)22-15/h3-11,22H,2,12-13H2,1H3,(H,21,24)(H,23,25). The Bertz CT molecular complexity index is 884. The zero-order valence-electron chi connectivity index (χ0n) is 14.5. The SMILES string of the molecule is CCOc1ccccc1NC(=O)CC(=O)NCc1cc2ccccc2[nH]1. The number of benzene rings is 2. The molecule has 3 N–H and O–H groups in total. The Morgan fingerprint density at radius 2 is 1.81 bits per heavy atom. The maximum absolute atomic E-state index is 12.1. The van der Waals surface area contributed by atoms with Crippen LogP contribution in [0.15, 0.2) is 54.6 Å². The van der Waals surface area contributed by atoms with Crippen LogP contribution in [0, 0.1) is 0 Å². The summed E-state index contributed by atoms with van der Waals surface area (Å²) in [4.78, 5) is 27.4. The number of amides is 2. The van der Waals surface area contributed by atoms with Crippen molar-refractivity contribution in [1.82, 2.24) is 10.3 Å². The summed E-state index contributed by atoms with van der Waals surface area (Å²) in [6, 6.07) is 17.0. The van der Waals surface area contributed by atoms with Crippen molar-refractivity contribution in [2.24, 2.45) is 0 Å². The second kappa shape index (κ2) is 8.20. The van der Waals surface area contributed by atoms with Crippen LogP contribution in [0.1, 0.15) is 19.0 Å². The summed E-state index contributed by atoms with van der Waals surface area (Å²) in [6.07, 6.45) is -0.249. The molecular weight excluding hydrogens is 330 g/mol. The second-order valence-corrected chi connectivity index (χ2v) is 5.81. The van der Waals surface area contributed by atoms with Crippen molar-refractivity contribution in [3.05, 3.63) is 60.3 Å². The van der Waals surface area contributed by atoms with Crippen molar-refractivity contribution in [3.8, 4) is 5.75 Å². The first-order valence-corrected chi connectivity index (χ1v) is 8.50. The van der Waals surface area contributed by atoms with Gasteiger partial charge in [-0.15, -0.1) is 0 Å². The average Bonchev–Trinajstić information content (AvgIpc) is 3.05. The smallest absolute Gasteiger partial charge is 0.233 e. The van der Waals surface area contributed by atoms with E-state index in [1.807, 2.05) is 43.3 Å². The molecular formula is C20H21N3O3. The molecule has 3 aromatic rings. The van der Waals surface area contributed by atoms with E-state index < -0.39 is 0 Å². The molecule has 0 radical (unpaired) electrons. The Labute approximate surface area is 151 Å². The van der Waals surface area contributed by atoms with Gasteiger partial charge in [-0.2, -0.15) is 0 Å². The molecule has 0 bridgehead atoms. The Morgan fingerprint density at radius 3 is 2.62 bits per heavy atom. The molecule has 0 fully saturated rings. The number of carbonyl (C=O) groups is 2. The normalized spacial score (nSPS) is 10.5. The molecule has 0 saturated heterocycles. The van der Waals surface area contributed by atoms with Crippen molar-refractivity contribution in [2.45, 2.75) is 19.9 Å². The summed E-state index contributed by atoms with van der Waals surface area (Å²) in [5.41, 5.74) is 2.46. The van der Waals surface area contributed by atoms with Crippen molar-refractivity contribution in [1.29, 1.82) is 0 Å². The van der Waals surface area contributed by atoms with Gasteiger partial charge >= 0.3 is 0 Å². The number of nitrogens with one attached hydrogen (secondary N) is 3. The zero-order chi connectivity index (χ0) is 18.4. The predicted molar refractivity (Wildman–Crippen MR) is 101 cm³/mol. The Hall–Kier alpha value is -3.28. The number of rotatable bonds is 7. The van der Waals surface area contributed by atoms with Crippen LogP contribution in [0.4, 0.5) is 5.69 Å². The van der Waals surface area contributed by atoms with Crippen LogP contribution in [0.25, 0.3) is 10.9 Å². The van der Waals surface area contributed by atoms with E-state index in [0.29, 0.717) is 24.6 Å². The molecule has 134 valence electrons. The highest BCUT2D eigenvalue weighted by Gasteiger charge is 2.12. The minimum atomic E-state index is -0.383. The lowest BCUT2D eigenvalue weighted by Crippen LogP contribution is -2.28. The highest BCUT2D eigenvalue weighted by molar-refractivity contribution is 6.04. The Balaban J connectivity index is 1.52. The summed E-state index contributed by atoms with van der Waals surface area (Å²) in [5, 5.41) is 6.55. The van der Waals surface area contributed by atoms with E-state index >= 15 is 0 Å². The highest BCUT2D eigenvalue weighted by Crippen LogP contribution is 2.23. The van der Waals surface area contributed by atoms with E-state index in [4.69, 9.17) is 4.74 Å². The maximum Gasteiger partial charge on any atom is 0.233 e. The quantitative estimate of drug-likeness (QED) is 0.572. The molecule has 0 aliphatic carbocycles. The predicted octanol–water partition coefficient (Wildman–Crippen LogP) is 3.21. The van der Waals surface area contributed by atoms with Gasteiger partial charge in [-0.05, 0) is 36.6 Å². The molecule has 6 heteroatoms. The fourth-order valence-corrected chi connectivity index (χ4v) is 2.68. The first-order chi connectivity index (χ1) is 12.7. The van der Waals surface area contributed by atoms with Gasteiger partial charge < -0.3 is 20.4 Å². The number of hydrogen-bond donors (Lipinski definition) is 3. The van der Waals surface area contributed by atoms with E-state index in [1.165, 1.54) is 0 Å². The number of H-pyrrole nitrogens is 1. The lowest BCUT2D eigenvalue weighted by Gasteiger charge is -2.11. The minimum absolute atomic E-state index is 0.249. The molecule has 0 aliphatic rings. The van der Waals surface area contributed by atoms with Crippen LogP contribution < -0.4 is 15.4 Å². The number of para-hydroxylation sites is 3. The van der Waals surface area contributed by atoms with E-state index in [9.17, 15) is 9.59 Å². The maximum atomic E-state index is 12.1. The average molecular weight is 351 g/mol. The third-order valence-corrected chi connectivity index (χ3v) is 3.84. The first-order valence-electron chi connectivity index (χ1n) is 8.50. The van der Waals surface area contributed by atoms with Crippen molar-refractivity contribution in [2.75, 3.05) is 11.9 Å². The van der Waals surface area contributed by atoms with Crippen molar-refractivity contribution in [3.63, 3.8) is 0 Å². The van der Waals surface area contributed by atoms with Crippen LogP contribution in [0.3, 0.4) is 0 Å². The lowest BCUT2D eigenvalue weighted by atomic mass is 10.2. The number of aromatic nitrogens is 1. The largest absolute Gasteiger partial charge is 0.492 e. The number of carbonyl (C=O) groups excluding carboxylic acids is 2. The Morgan fingerprint density at radius 1 is 1.04 bits per heavy atom. The molecule has 3 rings (SSSR count). The molecule has 0 unspecified atom stereocenters. The number of ether oxygens (including phenoxy) is 1. The molecule has 1 heterocycles. The molecule has 2 aromatic carbocycles. The molecule has 6 nitrogen and oxygen atoms in total. The van der Waals surface area contributed by atoms with Crippen LogP contribution >= 0.6 is 0 Å². The minimum Gasteiger partial charge on any atom is -0.492 e.